The van der Waals surface area contributed by atoms with Gasteiger partial charge >= 0.3 is 5.97 Å². The molecule has 6 heteroatoms. The van der Waals surface area contributed by atoms with Gasteiger partial charge in [0.05, 0.1) is 23.0 Å². The van der Waals surface area contributed by atoms with E-state index in [0.717, 1.165) is 12.0 Å². The van der Waals surface area contributed by atoms with E-state index in [1.54, 1.807) is 30.3 Å². The van der Waals surface area contributed by atoms with Crippen LogP contribution in [0.1, 0.15) is 30.5 Å². The monoisotopic (exact) mass is 331 g/mol. The Morgan fingerprint density at radius 1 is 1.13 bits per heavy atom. The van der Waals surface area contributed by atoms with Gasteiger partial charge in [0.2, 0.25) is 0 Å². The lowest BCUT2D eigenvalue weighted by Crippen LogP contribution is -2.29. The molecule has 0 spiro atoms. The van der Waals surface area contributed by atoms with Crippen molar-refractivity contribution in [2.24, 2.45) is 0 Å². The maximum atomic E-state index is 12.9. The van der Waals surface area contributed by atoms with E-state index >= 15 is 0 Å². The fourth-order valence-electron chi connectivity index (χ4n) is 2.95. The number of carboxylic acid groups (broad SMARTS) is 1. The normalized spacial score (nSPS) is 18.7. The summed E-state index contributed by atoms with van der Waals surface area (Å²) in [5.74, 6) is -1.03. The number of hydrogen-bond acceptors (Lipinski definition) is 3. The molecule has 1 unspecified atom stereocenters. The fourth-order valence-corrected chi connectivity index (χ4v) is 4.83. The summed E-state index contributed by atoms with van der Waals surface area (Å²) in [6.07, 6.45) is 0.581. The highest BCUT2D eigenvalue weighted by Gasteiger charge is 2.43. The van der Waals surface area contributed by atoms with Gasteiger partial charge in [-0.15, -0.1) is 0 Å². The summed E-state index contributed by atoms with van der Waals surface area (Å²) < 4.78 is 27.0. The number of benzene rings is 2. The largest absolute Gasteiger partial charge is 0.481 e. The lowest BCUT2D eigenvalue weighted by Gasteiger charge is -2.24. The summed E-state index contributed by atoms with van der Waals surface area (Å²) in [5.41, 5.74) is 2.12. The molecule has 0 aliphatic carbocycles. The first-order valence-electron chi connectivity index (χ1n) is 7.39. The van der Waals surface area contributed by atoms with Gasteiger partial charge in [-0.05, 0) is 35.7 Å². The van der Waals surface area contributed by atoms with Crippen LogP contribution < -0.4 is 4.31 Å². The first-order valence-corrected chi connectivity index (χ1v) is 8.83. The molecule has 5 nitrogen and oxygen atoms in total. The van der Waals surface area contributed by atoms with Gasteiger partial charge in [0.1, 0.15) is 0 Å². The van der Waals surface area contributed by atoms with Crippen molar-refractivity contribution in [3.05, 3.63) is 59.7 Å². The number of nitrogens with zero attached hydrogens (tertiary/aromatic N) is 1. The Labute approximate surface area is 135 Å². The van der Waals surface area contributed by atoms with Crippen molar-refractivity contribution in [2.75, 3.05) is 4.31 Å². The molecular weight excluding hydrogens is 314 g/mol. The first kappa shape index (κ1) is 15.6. The average Bonchev–Trinajstić information content (AvgIpc) is 2.75. The molecule has 3 rings (SSSR count). The van der Waals surface area contributed by atoms with Gasteiger partial charge in [-0.3, -0.25) is 9.10 Å². The highest BCUT2D eigenvalue weighted by Crippen LogP contribution is 2.44. The van der Waals surface area contributed by atoms with Crippen LogP contribution in [0.2, 0.25) is 0 Å². The minimum atomic E-state index is -3.74. The van der Waals surface area contributed by atoms with Crippen molar-refractivity contribution in [1.29, 1.82) is 0 Å². The Bertz CT molecular complexity index is 843. The van der Waals surface area contributed by atoms with E-state index in [2.05, 4.69) is 0 Å². The third-order valence-electron chi connectivity index (χ3n) is 4.06. The second kappa shape index (κ2) is 5.70. The van der Waals surface area contributed by atoms with E-state index in [9.17, 15) is 18.3 Å². The minimum absolute atomic E-state index is 0.186. The van der Waals surface area contributed by atoms with Gasteiger partial charge in [0.25, 0.3) is 10.0 Å². The number of carboxylic acids is 1. The number of aryl methyl sites for hydroxylation is 1. The fraction of sp³-hybridized carbons (Fsp3) is 0.235. The van der Waals surface area contributed by atoms with E-state index in [0.29, 0.717) is 11.3 Å². The van der Waals surface area contributed by atoms with Crippen LogP contribution in [0.25, 0.3) is 0 Å². The van der Waals surface area contributed by atoms with Gasteiger partial charge in [-0.25, -0.2) is 8.42 Å². The molecule has 1 atom stereocenters. The number of rotatable bonds is 4. The van der Waals surface area contributed by atoms with Crippen molar-refractivity contribution in [2.45, 2.75) is 30.7 Å². The molecule has 0 bridgehead atoms. The van der Waals surface area contributed by atoms with Crippen LogP contribution in [0.4, 0.5) is 5.69 Å². The highest BCUT2D eigenvalue weighted by molar-refractivity contribution is 7.93. The summed E-state index contributed by atoms with van der Waals surface area (Å²) in [7, 11) is -3.74. The summed E-state index contributed by atoms with van der Waals surface area (Å²) in [6, 6.07) is 13.1. The smallest absolute Gasteiger partial charge is 0.305 e. The third kappa shape index (κ3) is 2.59. The molecule has 2 aromatic rings. The Kier molecular flexibility index (Phi) is 3.85. The number of aliphatic carboxylic acids is 1. The first-order chi connectivity index (χ1) is 10.9. The van der Waals surface area contributed by atoms with Gasteiger partial charge < -0.3 is 5.11 Å². The quantitative estimate of drug-likeness (QED) is 0.934. The Morgan fingerprint density at radius 2 is 1.78 bits per heavy atom. The number of carbonyl (C=O) groups is 1. The summed E-state index contributed by atoms with van der Waals surface area (Å²) >= 11 is 0. The second-order valence-corrected chi connectivity index (χ2v) is 7.26. The number of sulfonamides is 1. The molecule has 1 aliphatic rings. The van der Waals surface area contributed by atoms with Crippen LogP contribution in [-0.2, 0) is 21.2 Å². The maximum absolute atomic E-state index is 12.9. The van der Waals surface area contributed by atoms with Crippen molar-refractivity contribution in [3.8, 4) is 0 Å². The van der Waals surface area contributed by atoms with E-state index in [1.165, 1.54) is 10.4 Å². The van der Waals surface area contributed by atoms with Crippen molar-refractivity contribution in [3.63, 3.8) is 0 Å². The van der Waals surface area contributed by atoms with Crippen LogP contribution in [0.3, 0.4) is 0 Å². The third-order valence-corrected chi connectivity index (χ3v) is 5.98. The molecule has 0 amide bonds. The molecule has 1 N–H and O–H groups in total. The molecule has 0 saturated heterocycles. The standard InChI is InChI=1S/C17H17NO4S/c1-2-12-7-9-13(10-8-12)18-15(11-17(19)20)14-5-3-4-6-16(14)23(18,21)22/h3-10,15H,2,11H2,1H3,(H,19,20). The van der Waals surface area contributed by atoms with Gasteiger partial charge in [-0.2, -0.15) is 0 Å². The molecule has 120 valence electrons. The lowest BCUT2D eigenvalue weighted by atomic mass is 10.0. The highest BCUT2D eigenvalue weighted by atomic mass is 32.2. The molecule has 0 saturated carbocycles. The average molecular weight is 331 g/mol. The Balaban J connectivity index is 2.14. The van der Waals surface area contributed by atoms with Crippen molar-refractivity contribution < 1.29 is 18.3 Å². The molecule has 0 radical (unpaired) electrons. The van der Waals surface area contributed by atoms with E-state index in [-0.39, 0.29) is 11.3 Å². The molecular formula is C17H17NO4S. The van der Waals surface area contributed by atoms with Crippen LogP contribution in [0, 0.1) is 0 Å². The second-order valence-electron chi connectivity index (χ2n) is 5.47. The van der Waals surface area contributed by atoms with Crippen LogP contribution >= 0.6 is 0 Å². The summed E-state index contributed by atoms with van der Waals surface area (Å²) in [6.45, 7) is 2.02. The minimum Gasteiger partial charge on any atom is -0.481 e. The zero-order valence-corrected chi connectivity index (χ0v) is 13.5. The van der Waals surface area contributed by atoms with Gasteiger partial charge in [0.15, 0.2) is 0 Å². The predicted octanol–water partition coefficient (Wildman–Crippen LogP) is 2.97. The van der Waals surface area contributed by atoms with Crippen LogP contribution in [0.15, 0.2) is 53.4 Å². The molecule has 0 fully saturated rings. The molecule has 1 heterocycles. The van der Waals surface area contributed by atoms with Gasteiger partial charge in [-0.1, -0.05) is 37.3 Å². The van der Waals surface area contributed by atoms with E-state index < -0.39 is 22.0 Å². The topological polar surface area (TPSA) is 74.7 Å². The maximum Gasteiger partial charge on any atom is 0.305 e. The Morgan fingerprint density at radius 3 is 2.39 bits per heavy atom. The molecule has 23 heavy (non-hydrogen) atoms. The van der Waals surface area contributed by atoms with E-state index in [1.807, 2.05) is 19.1 Å². The van der Waals surface area contributed by atoms with Crippen LogP contribution in [0.5, 0.6) is 0 Å². The molecule has 0 aromatic heterocycles. The van der Waals surface area contributed by atoms with Gasteiger partial charge in [0, 0.05) is 0 Å². The number of fused-ring (bicyclic) bond motifs is 1. The lowest BCUT2D eigenvalue weighted by molar-refractivity contribution is -0.137. The predicted molar refractivity (Wildman–Crippen MR) is 86.9 cm³/mol. The number of hydrogen-bond donors (Lipinski definition) is 1. The summed E-state index contributed by atoms with van der Waals surface area (Å²) in [4.78, 5) is 11.4. The molecule has 1 aliphatic heterocycles. The zero-order chi connectivity index (χ0) is 16.6. The Hall–Kier alpha value is -2.34. The van der Waals surface area contributed by atoms with Crippen LogP contribution in [-0.4, -0.2) is 19.5 Å². The van der Waals surface area contributed by atoms with Crippen molar-refractivity contribution in [1.82, 2.24) is 0 Å². The molecule has 2 aromatic carbocycles. The number of anilines is 1. The van der Waals surface area contributed by atoms with E-state index in [4.69, 9.17) is 0 Å². The zero-order valence-electron chi connectivity index (χ0n) is 12.6. The SMILES string of the molecule is CCc1ccc(N2C(CC(=O)O)c3ccccc3S2(=O)=O)cc1. The van der Waals surface area contributed by atoms with Crippen molar-refractivity contribution >= 4 is 21.7 Å². The summed E-state index contributed by atoms with van der Waals surface area (Å²) in [5, 5.41) is 9.20.